The molecule has 1 aliphatic rings. The third-order valence-corrected chi connectivity index (χ3v) is 4.56. The van der Waals surface area contributed by atoms with Crippen molar-refractivity contribution in [2.45, 2.75) is 59.5 Å². The molecule has 0 fully saturated rings. The summed E-state index contributed by atoms with van der Waals surface area (Å²) >= 11 is 0. The van der Waals surface area contributed by atoms with Crippen LogP contribution in [0.15, 0.2) is 28.8 Å². The molecule has 32 heavy (non-hydrogen) atoms. The number of hydrogen-bond donors (Lipinski definition) is 1. The van der Waals surface area contributed by atoms with Crippen molar-refractivity contribution in [3.05, 3.63) is 34.9 Å². The Morgan fingerprint density at radius 1 is 1.16 bits per heavy atom. The van der Waals surface area contributed by atoms with Crippen LogP contribution in [0.1, 0.15) is 69.8 Å². The van der Waals surface area contributed by atoms with E-state index in [-0.39, 0.29) is 30.0 Å². The fourth-order valence-corrected chi connectivity index (χ4v) is 3.28. The molecule has 0 aromatic heterocycles. The number of aldehydes is 1. The largest absolute Gasteiger partial charge is 0.444 e. The number of fused-ring (bicyclic) bond motifs is 1. The lowest BCUT2D eigenvalue weighted by atomic mass is 10.0. The quantitative estimate of drug-likeness (QED) is 0.390. The molecule has 0 spiro atoms. The molecule has 1 heterocycles. The van der Waals surface area contributed by atoms with E-state index in [0.717, 1.165) is 12.8 Å². The molecule has 0 atom stereocenters. The number of amides is 2. The highest BCUT2D eigenvalue weighted by atomic mass is 16.6. The molecule has 172 valence electrons. The first-order chi connectivity index (χ1) is 15.1. The van der Waals surface area contributed by atoms with Crippen LogP contribution in [0.25, 0.3) is 6.08 Å². The van der Waals surface area contributed by atoms with Crippen molar-refractivity contribution in [2.24, 2.45) is 4.99 Å². The molecule has 2 amide bonds. The summed E-state index contributed by atoms with van der Waals surface area (Å²) in [7, 11) is 0. The van der Waals surface area contributed by atoms with Gasteiger partial charge in [0, 0.05) is 36.2 Å². The Balaban J connectivity index is 2.49. The topological polar surface area (TPSA) is 105 Å². The van der Waals surface area contributed by atoms with Crippen molar-refractivity contribution in [3.63, 3.8) is 0 Å². The van der Waals surface area contributed by atoms with E-state index in [1.165, 1.54) is 12.1 Å². The predicted octanol–water partition coefficient (Wildman–Crippen LogP) is 4.06. The van der Waals surface area contributed by atoms with Crippen molar-refractivity contribution in [3.8, 4) is 0 Å². The lowest BCUT2D eigenvalue weighted by molar-refractivity contribution is -0.127. The van der Waals surface area contributed by atoms with Crippen molar-refractivity contribution in [2.75, 3.05) is 13.1 Å². The molecule has 1 N–H and O–H groups in total. The number of benzene rings is 1. The van der Waals surface area contributed by atoms with Gasteiger partial charge in [0.15, 0.2) is 6.29 Å². The van der Waals surface area contributed by atoms with Gasteiger partial charge in [-0.3, -0.25) is 19.7 Å². The smallest absolute Gasteiger partial charge is 0.413 e. The van der Waals surface area contributed by atoms with E-state index in [4.69, 9.17) is 4.74 Å². The van der Waals surface area contributed by atoms with E-state index in [1.54, 1.807) is 37.8 Å². The van der Waals surface area contributed by atoms with E-state index in [9.17, 15) is 19.2 Å². The molecule has 0 unspecified atom stereocenters. The molecule has 1 aliphatic heterocycles. The van der Waals surface area contributed by atoms with Crippen LogP contribution in [0.5, 0.6) is 0 Å². The highest BCUT2D eigenvalue weighted by Gasteiger charge is 2.24. The van der Waals surface area contributed by atoms with Gasteiger partial charge >= 0.3 is 6.09 Å². The number of ketones is 1. The van der Waals surface area contributed by atoms with Gasteiger partial charge < -0.3 is 9.64 Å². The van der Waals surface area contributed by atoms with Crippen LogP contribution in [0.2, 0.25) is 0 Å². The lowest BCUT2D eigenvalue weighted by Crippen LogP contribution is -2.38. The summed E-state index contributed by atoms with van der Waals surface area (Å²) in [6.45, 7) is 10.5. The maximum absolute atomic E-state index is 13.3. The van der Waals surface area contributed by atoms with Gasteiger partial charge in [-0.2, -0.15) is 0 Å². The Hall–Kier alpha value is -3.29. The van der Waals surface area contributed by atoms with Gasteiger partial charge in [0.1, 0.15) is 11.4 Å². The molecule has 0 saturated heterocycles. The molecular weight excluding hydrogens is 410 g/mol. The van der Waals surface area contributed by atoms with Crippen LogP contribution < -0.4 is 5.32 Å². The third-order valence-electron chi connectivity index (χ3n) is 4.56. The van der Waals surface area contributed by atoms with Crippen molar-refractivity contribution in [1.29, 1.82) is 0 Å². The number of rotatable bonds is 7. The van der Waals surface area contributed by atoms with Gasteiger partial charge in [-0.05, 0) is 45.8 Å². The summed E-state index contributed by atoms with van der Waals surface area (Å²) < 4.78 is 5.32. The fourth-order valence-electron chi connectivity index (χ4n) is 3.28. The van der Waals surface area contributed by atoms with Gasteiger partial charge in [0.05, 0.1) is 5.69 Å². The second-order valence-corrected chi connectivity index (χ2v) is 8.58. The number of nitrogens with zero attached hydrogens (tertiary/aromatic N) is 2. The first-order valence-electron chi connectivity index (χ1n) is 10.8. The number of aliphatic imine (C=N–C) groups is 1. The third kappa shape index (κ3) is 6.87. The molecule has 1 aromatic rings. The molecular formula is C24H31N3O5. The second kappa shape index (κ2) is 10.8. The summed E-state index contributed by atoms with van der Waals surface area (Å²) in [6, 6.07) is 4.64. The van der Waals surface area contributed by atoms with Crippen LogP contribution >= 0.6 is 0 Å². The number of carbonyl (C=O) groups is 4. The Morgan fingerprint density at radius 3 is 2.38 bits per heavy atom. The zero-order valence-electron chi connectivity index (χ0n) is 19.4. The molecule has 0 bridgehead atoms. The number of carbonyl (C=O) groups excluding carboxylic acids is 4. The molecule has 2 rings (SSSR count). The Labute approximate surface area is 188 Å². The highest BCUT2D eigenvalue weighted by molar-refractivity contribution is 6.33. The Bertz CT molecular complexity index is 951. The summed E-state index contributed by atoms with van der Waals surface area (Å²) in [5.74, 6) is -0.583. The Kier molecular flexibility index (Phi) is 8.46. The first-order valence-corrected chi connectivity index (χ1v) is 10.8. The van der Waals surface area contributed by atoms with E-state index < -0.39 is 17.5 Å². The SMILES string of the molecule is CCCN(CCC)C(=O)C1=Cc2ccc(C(=O)C=O)cc2N=C(NC(=O)OC(C)(C)C)C1. The number of hydrogen-bond acceptors (Lipinski definition) is 6. The summed E-state index contributed by atoms with van der Waals surface area (Å²) in [5.41, 5.74) is 0.939. The highest BCUT2D eigenvalue weighted by Crippen LogP contribution is 2.29. The van der Waals surface area contributed by atoms with Gasteiger partial charge in [0.2, 0.25) is 11.7 Å². The fraction of sp³-hybridized carbons (Fsp3) is 0.458. The monoisotopic (exact) mass is 441 g/mol. The Morgan fingerprint density at radius 2 is 1.81 bits per heavy atom. The maximum atomic E-state index is 13.3. The predicted molar refractivity (Wildman–Crippen MR) is 123 cm³/mol. The van der Waals surface area contributed by atoms with E-state index in [0.29, 0.717) is 29.9 Å². The maximum Gasteiger partial charge on any atom is 0.413 e. The molecule has 0 saturated carbocycles. The van der Waals surface area contributed by atoms with Gasteiger partial charge in [-0.15, -0.1) is 0 Å². The summed E-state index contributed by atoms with van der Waals surface area (Å²) in [4.78, 5) is 54.6. The molecule has 0 radical (unpaired) electrons. The van der Waals surface area contributed by atoms with Gasteiger partial charge in [0.25, 0.3) is 0 Å². The van der Waals surface area contributed by atoms with E-state index in [1.807, 2.05) is 13.8 Å². The standard InChI is InChI=1S/C24H31N3O5/c1-6-10-27(11-7-2)22(30)18-12-16-8-9-17(20(29)15-28)13-19(16)25-21(14-18)26-23(31)32-24(3,4)5/h8-9,12-13,15H,6-7,10-11,14H2,1-5H3,(H,25,26,31). The minimum Gasteiger partial charge on any atom is -0.444 e. The average Bonchev–Trinajstić information content (AvgIpc) is 2.89. The molecule has 8 heteroatoms. The first kappa shape index (κ1) is 25.0. The minimum absolute atomic E-state index is 0.0909. The number of alkyl carbamates (subject to hydrolysis) is 1. The zero-order chi connectivity index (χ0) is 23.9. The van der Waals surface area contributed by atoms with Gasteiger partial charge in [-0.25, -0.2) is 9.79 Å². The van der Waals surface area contributed by atoms with Crippen LogP contribution in [0.4, 0.5) is 10.5 Å². The van der Waals surface area contributed by atoms with Crippen molar-refractivity contribution < 1.29 is 23.9 Å². The normalized spacial score (nSPS) is 13.2. The zero-order valence-corrected chi connectivity index (χ0v) is 19.4. The second-order valence-electron chi connectivity index (χ2n) is 8.58. The minimum atomic E-state index is -0.704. The van der Waals surface area contributed by atoms with Gasteiger partial charge in [-0.1, -0.05) is 26.0 Å². The van der Waals surface area contributed by atoms with E-state index >= 15 is 0 Å². The molecule has 0 aliphatic carbocycles. The van der Waals surface area contributed by atoms with Crippen LogP contribution in [0, 0.1) is 0 Å². The molecule has 1 aromatic carbocycles. The van der Waals surface area contributed by atoms with Crippen LogP contribution in [-0.2, 0) is 14.3 Å². The summed E-state index contributed by atoms with van der Waals surface area (Å²) in [6.07, 6.45) is 3.01. The summed E-state index contributed by atoms with van der Waals surface area (Å²) in [5, 5.41) is 2.63. The van der Waals surface area contributed by atoms with Crippen LogP contribution in [-0.4, -0.2) is 53.5 Å². The van der Waals surface area contributed by atoms with Crippen molar-refractivity contribution >= 4 is 41.7 Å². The number of Topliss-reactive ketones (excluding diaryl/α,β-unsaturated/α-hetero) is 1. The number of nitrogens with one attached hydrogen (secondary N) is 1. The van der Waals surface area contributed by atoms with Crippen molar-refractivity contribution in [1.82, 2.24) is 10.2 Å². The van der Waals surface area contributed by atoms with Crippen LogP contribution in [0.3, 0.4) is 0 Å². The lowest BCUT2D eigenvalue weighted by Gasteiger charge is -2.23. The molecule has 8 nitrogen and oxygen atoms in total. The van der Waals surface area contributed by atoms with E-state index in [2.05, 4.69) is 10.3 Å². The number of ether oxygens (including phenoxy) is 1. The number of amidine groups is 1. The average molecular weight is 442 g/mol.